The van der Waals surface area contributed by atoms with Gasteiger partial charge in [0, 0.05) is 24.2 Å². The van der Waals surface area contributed by atoms with Gasteiger partial charge in [-0.2, -0.15) is 0 Å². The SMILES string of the molecule is CC(C)(C)OC(=O)Nc1cncc(C#Cc2cnc(N)nc2)c1. The first-order valence-corrected chi connectivity index (χ1v) is 6.86. The molecule has 0 saturated carbocycles. The molecular weight excluding hydrogens is 294 g/mol. The first kappa shape index (κ1) is 16.2. The summed E-state index contributed by atoms with van der Waals surface area (Å²) in [7, 11) is 0. The maximum absolute atomic E-state index is 11.7. The summed E-state index contributed by atoms with van der Waals surface area (Å²) in [6.07, 6.45) is 5.63. The molecule has 2 heterocycles. The standard InChI is InChI=1S/C16H17N5O2/c1-16(2,3)23-15(22)21-13-6-11(7-18-10-13)4-5-12-8-19-14(17)20-9-12/h6-10H,1-3H3,(H,21,22)(H2,17,19,20). The Kier molecular flexibility index (Phi) is 4.76. The number of carbonyl (C=O) groups excluding carboxylic acids is 1. The van der Waals surface area contributed by atoms with Crippen LogP contribution in [0.1, 0.15) is 31.9 Å². The van der Waals surface area contributed by atoms with Gasteiger partial charge in [0.15, 0.2) is 0 Å². The minimum Gasteiger partial charge on any atom is -0.444 e. The lowest BCUT2D eigenvalue weighted by molar-refractivity contribution is 0.0636. The van der Waals surface area contributed by atoms with Crippen molar-refractivity contribution in [2.75, 3.05) is 11.1 Å². The Morgan fingerprint density at radius 2 is 1.78 bits per heavy atom. The number of nitrogens with one attached hydrogen (secondary N) is 1. The molecule has 0 aliphatic rings. The second-order valence-corrected chi connectivity index (χ2v) is 5.67. The summed E-state index contributed by atoms with van der Waals surface area (Å²) < 4.78 is 5.18. The van der Waals surface area contributed by atoms with Gasteiger partial charge in [-0.05, 0) is 26.8 Å². The van der Waals surface area contributed by atoms with Crippen molar-refractivity contribution in [1.29, 1.82) is 0 Å². The minimum atomic E-state index is -0.565. The molecule has 0 atom stereocenters. The highest BCUT2D eigenvalue weighted by Crippen LogP contribution is 2.12. The van der Waals surface area contributed by atoms with Gasteiger partial charge in [0.2, 0.25) is 5.95 Å². The van der Waals surface area contributed by atoms with E-state index in [4.69, 9.17) is 10.5 Å². The highest BCUT2D eigenvalue weighted by Gasteiger charge is 2.16. The van der Waals surface area contributed by atoms with Gasteiger partial charge in [0.25, 0.3) is 0 Å². The molecular formula is C16H17N5O2. The number of pyridine rings is 1. The van der Waals surface area contributed by atoms with Gasteiger partial charge in [-0.15, -0.1) is 0 Å². The summed E-state index contributed by atoms with van der Waals surface area (Å²) in [6.45, 7) is 5.38. The van der Waals surface area contributed by atoms with Crippen LogP contribution in [0.4, 0.5) is 16.4 Å². The fourth-order valence-electron chi connectivity index (χ4n) is 1.55. The van der Waals surface area contributed by atoms with E-state index in [1.165, 1.54) is 18.6 Å². The topological polar surface area (TPSA) is 103 Å². The number of amides is 1. The number of rotatable bonds is 1. The van der Waals surface area contributed by atoms with Crippen molar-refractivity contribution in [3.05, 3.63) is 42.0 Å². The van der Waals surface area contributed by atoms with E-state index >= 15 is 0 Å². The first-order chi connectivity index (χ1) is 10.8. The molecule has 0 bridgehead atoms. The van der Waals surface area contributed by atoms with Crippen molar-refractivity contribution in [3.8, 4) is 11.8 Å². The molecule has 7 nitrogen and oxygen atoms in total. The average molecular weight is 311 g/mol. The molecule has 23 heavy (non-hydrogen) atoms. The van der Waals surface area contributed by atoms with Crippen molar-refractivity contribution < 1.29 is 9.53 Å². The van der Waals surface area contributed by atoms with Crippen molar-refractivity contribution in [2.45, 2.75) is 26.4 Å². The smallest absolute Gasteiger partial charge is 0.412 e. The van der Waals surface area contributed by atoms with Crippen molar-refractivity contribution >= 4 is 17.7 Å². The molecule has 0 aromatic carbocycles. The highest BCUT2D eigenvalue weighted by atomic mass is 16.6. The highest BCUT2D eigenvalue weighted by molar-refractivity contribution is 5.84. The van der Waals surface area contributed by atoms with E-state index in [-0.39, 0.29) is 5.95 Å². The number of hydrogen-bond acceptors (Lipinski definition) is 6. The largest absolute Gasteiger partial charge is 0.444 e. The number of hydrogen-bond donors (Lipinski definition) is 2. The Hall–Kier alpha value is -3.14. The maximum Gasteiger partial charge on any atom is 0.412 e. The first-order valence-electron chi connectivity index (χ1n) is 6.86. The average Bonchev–Trinajstić information content (AvgIpc) is 2.45. The molecule has 0 aliphatic heterocycles. The van der Waals surface area contributed by atoms with Gasteiger partial charge < -0.3 is 10.5 Å². The summed E-state index contributed by atoms with van der Waals surface area (Å²) in [5, 5.41) is 2.61. The monoisotopic (exact) mass is 311 g/mol. The molecule has 3 N–H and O–H groups in total. The van der Waals surface area contributed by atoms with Crippen LogP contribution in [0.15, 0.2) is 30.9 Å². The number of nitrogen functional groups attached to an aromatic ring is 1. The third-order valence-electron chi connectivity index (χ3n) is 2.41. The van der Waals surface area contributed by atoms with Crippen LogP contribution in [-0.4, -0.2) is 26.6 Å². The number of aromatic nitrogens is 3. The lowest BCUT2D eigenvalue weighted by Crippen LogP contribution is -2.27. The Morgan fingerprint density at radius 1 is 1.13 bits per heavy atom. The molecule has 0 saturated heterocycles. The van der Waals surface area contributed by atoms with E-state index in [0.29, 0.717) is 16.8 Å². The molecule has 0 fully saturated rings. The molecule has 7 heteroatoms. The third-order valence-corrected chi connectivity index (χ3v) is 2.41. The predicted molar refractivity (Wildman–Crippen MR) is 86.5 cm³/mol. The van der Waals surface area contributed by atoms with Gasteiger partial charge in [0.1, 0.15) is 5.60 Å². The molecule has 0 aliphatic carbocycles. The quantitative estimate of drug-likeness (QED) is 0.783. The van der Waals surface area contributed by atoms with Crippen molar-refractivity contribution in [3.63, 3.8) is 0 Å². The Morgan fingerprint density at radius 3 is 2.43 bits per heavy atom. The molecule has 118 valence electrons. The fourth-order valence-corrected chi connectivity index (χ4v) is 1.55. The van der Waals surface area contributed by atoms with Crippen molar-refractivity contribution in [1.82, 2.24) is 15.0 Å². The van der Waals surface area contributed by atoms with E-state index in [0.717, 1.165) is 0 Å². The van der Waals surface area contributed by atoms with E-state index in [1.54, 1.807) is 33.0 Å². The normalized spacial score (nSPS) is 10.4. The lowest BCUT2D eigenvalue weighted by Gasteiger charge is -2.19. The summed E-state index contributed by atoms with van der Waals surface area (Å²) in [6, 6.07) is 1.70. The number of ether oxygens (including phenoxy) is 1. The zero-order valence-corrected chi connectivity index (χ0v) is 13.1. The molecule has 0 radical (unpaired) electrons. The van der Waals surface area contributed by atoms with E-state index in [2.05, 4.69) is 32.1 Å². The van der Waals surface area contributed by atoms with Crippen LogP contribution in [0.5, 0.6) is 0 Å². The van der Waals surface area contributed by atoms with E-state index in [1.807, 2.05) is 0 Å². The van der Waals surface area contributed by atoms with Crippen LogP contribution in [0, 0.1) is 11.8 Å². The predicted octanol–water partition coefficient (Wildman–Crippen LogP) is 2.20. The maximum atomic E-state index is 11.7. The van der Waals surface area contributed by atoms with Crippen LogP contribution in [0.3, 0.4) is 0 Å². The molecule has 0 unspecified atom stereocenters. The fraction of sp³-hybridized carbons (Fsp3) is 0.250. The Balaban J connectivity index is 2.08. The van der Waals surface area contributed by atoms with Gasteiger partial charge in [-0.1, -0.05) is 11.8 Å². The molecule has 2 aromatic rings. The number of nitrogens with two attached hydrogens (primary N) is 1. The van der Waals surface area contributed by atoms with Gasteiger partial charge in [-0.3, -0.25) is 10.3 Å². The van der Waals surface area contributed by atoms with Crippen LogP contribution in [-0.2, 0) is 4.74 Å². The third kappa shape index (κ3) is 5.63. The van der Waals surface area contributed by atoms with Gasteiger partial charge in [-0.25, -0.2) is 14.8 Å². The Labute approximate surface area is 134 Å². The molecule has 2 rings (SSSR count). The van der Waals surface area contributed by atoms with Crippen LogP contribution in [0.25, 0.3) is 0 Å². The van der Waals surface area contributed by atoms with Crippen LogP contribution in [0.2, 0.25) is 0 Å². The van der Waals surface area contributed by atoms with Gasteiger partial charge in [0.05, 0.1) is 17.4 Å². The summed E-state index contributed by atoms with van der Waals surface area (Å²) in [5.41, 5.74) is 6.61. The second-order valence-electron chi connectivity index (χ2n) is 5.67. The van der Waals surface area contributed by atoms with Crippen molar-refractivity contribution in [2.24, 2.45) is 0 Å². The number of anilines is 2. The second kappa shape index (κ2) is 6.75. The Bertz CT molecular complexity index is 755. The summed E-state index contributed by atoms with van der Waals surface area (Å²) >= 11 is 0. The van der Waals surface area contributed by atoms with E-state index in [9.17, 15) is 4.79 Å². The zero-order valence-electron chi connectivity index (χ0n) is 13.1. The number of carbonyl (C=O) groups is 1. The van der Waals surface area contributed by atoms with Crippen LogP contribution < -0.4 is 11.1 Å². The molecule has 1 amide bonds. The zero-order chi connectivity index (χ0) is 16.9. The molecule has 0 spiro atoms. The summed E-state index contributed by atoms with van der Waals surface area (Å²) in [5.74, 6) is 6.00. The van der Waals surface area contributed by atoms with Crippen LogP contribution >= 0.6 is 0 Å². The summed E-state index contributed by atoms with van der Waals surface area (Å²) in [4.78, 5) is 23.5. The van der Waals surface area contributed by atoms with E-state index < -0.39 is 11.7 Å². The minimum absolute atomic E-state index is 0.195. The number of nitrogens with zero attached hydrogens (tertiary/aromatic N) is 3. The lowest BCUT2D eigenvalue weighted by atomic mass is 10.2. The van der Waals surface area contributed by atoms with Gasteiger partial charge >= 0.3 is 6.09 Å². The molecule has 2 aromatic heterocycles.